The number of amides is 2. The summed E-state index contributed by atoms with van der Waals surface area (Å²) in [6.45, 7) is 0. The first-order chi connectivity index (χ1) is 6.59. The van der Waals surface area contributed by atoms with Crippen LogP contribution in [0.2, 0.25) is 0 Å². The number of aromatic hydroxyl groups is 2. The third-order valence-corrected chi connectivity index (χ3v) is 1.39. The van der Waals surface area contributed by atoms with Crippen LogP contribution in [0.4, 0.5) is 4.79 Å². The van der Waals surface area contributed by atoms with Crippen molar-refractivity contribution < 1.29 is 15.0 Å². The monoisotopic (exact) mass is 195 g/mol. The number of rotatable bonds is 2. The molecule has 0 aliphatic heterocycles. The van der Waals surface area contributed by atoms with Crippen LogP contribution in [0.25, 0.3) is 0 Å². The molecule has 0 unspecified atom stereocenters. The number of urea groups is 1. The van der Waals surface area contributed by atoms with Crippen molar-refractivity contribution in [2.75, 3.05) is 0 Å². The van der Waals surface area contributed by atoms with E-state index in [2.05, 4.69) is 5.10 Å². The molecular weight excluding hydrogens is 186 g/mol. The van der Waals surface area contributed by atoms with Crippen LogP contribution in [0.5, 0.6) is 11.5 Å². The summed E-state index contributed by atoms with van der Waals surface area (Å²) >= 11 is 0. The first-order valence-electron chi connectivity index (χ1n) is 3.70. The number of nitrogens with zero attached hydrogens (tertiary/aromatic N) is 1. The first kappa shape index (κ1) is 9.85. The zero-order chi connectivity index (χ0) is 10.6. The molecule has 1 rings (SSSR count). The van der Waals surface area contributed by atoms with E-state index in [-0.39, 0.29) is 11.5 Å². The van der Waals surface area contributed by atoms with Crippen LogP contribution in [0.15, 0.2) is 23.3 Å². The van der Waals surface area contributed by atoms with Crippen molar-refractivity contribution >= 4 is 12.2 Å². The van der Waals surface area contributed by atoms with Gasteiger partial charge in [-0.3, -0.25) is 0 Å². The van der Waals surface area contributed by atoms with Crippen LogP contribution in [-0.4, -0.2) is 22.5 Å². The third kappa shape index (κ3) is 2.67. The molecule has 1 aromatic carbocycles. The van der Waals surface area contributed by atoms with E-state index in [4.69, 9.17) is 15.9 Å². The Labute approximate surface area is 79.7 Å². The summed E-state index contributed by atoms with van der Waals surface area (Å²) in [6.07, 6.45) is 1.28. The van der Waals surface area contributed by atoms with E-state index >= 15 is 0 Å². The first-order valence-corrected chi connectivity index (χ1v) is 3.70. The highest BCUT2D eigenvalue weighted by molar-refractivity contribution is 5.82. The molecule has 0 fully saturated rings. The molecule has 0 heterocycles. The Kier molecular flexibility index (Phi) is 2.90. The van der Waals surface area contributed by atoms with Gasteiger partial charge >= 0.3 is 6.03 Å². The topological polar surface area (TPSA) is 108 Å². The van der Waals surface area contributed by atoms with Gasteiger partial charge in [-0.25, -0.2) is 10.2 Å². The molecule has 0 spiro atoms. The molecule has 0 radical (unpaired) electrons. The van der Waals surface area contributed by atoms with Crippen molar-refractivity contribution in [3.8, 4) is 11.5 Å². The Morgan fingerprint density at radius 1 is 1.43 bits per heavy atom. The molecule has 0 aliphatic rings. The van der Waals surface area contributed by atoms with Crippen molar-refractivity contribution in [2.45, 2.75) is 0 Å². The maximum absolute atomic E-state index is 10.2. The minimum atomic E-state index is -0.774. The van der Waals surface area contributed by atoms with E-state index in [1.54, 1.807) is 0 Å². The van der Waals surface area contributed by atoms with E-state index in [0.29, 0.717) is 5.56 Å². The molecule has 0 aromatic heterocycles. The number of carbonyl (C=O) groups excluding carboxylic acids is 1. The van der Waals surface area contributed by atoms with Crippen LogP contribution in [0, 0.1) is 0 Å². The van der Waals surface area contributed by atoms with Crippen molar-refractivity contribution in [1.29, 1.82) is 0 Å². The van der Waals surface area contributed by atoms with Crippen LogP contribution < -0.4 is 11.2 Å². The maximum atomic E-state index is 10.2. The fourth-order valence-corrected chi connectivity index (χ4v) is 0.791. The molecule has 5 N–H and O–H groups in total. The van der Waals surface area contributed by atoms with Gasteiger partial charge in [-0.15, -0.1) is 0 Å². The van der Waals surface area contributed by atoms with Crippen molar-refractivity contribution in [3.05, 3.63) is 23.8 Å². The number of primary amides is 1. The van der Waals surface area contributed by atoms with Crippen LogP contribution in [-0.2, 0) is 0 Å². The molecule has 0 saturated carbocycles. The SMILES string of the molecule is NC(=O)N/N=C/c1ccc(O)c(O)c1. The standard InChI is InChI=1S/C8H9N3O3/c9-8(14)11-10-4-5-1-2-6(12)7(13)3-5/h1-4,12-13H,(H3,9,11,14)/b10-4+. The lowest BCUT2D eigenvalue weighted by molar-refractivity contribution is 0.249. The lowest BCUT2D eigenvalue weighted by atomic mass is 10.2. The van der Waals surface area contributed by atoms with Crippen molar-refractivity contribution in [1.82, 2.24) is 5.43 Å². The van der Waals surface area contributed by atoms with E-state index in [9.17, 15) is 4.79 Å². The molecule has 0 bridgehead atoms. The van der Waals surface area contributed by atoms with Gasteiger partial charge in [0.2, 0.25) is 0 Å². The molecule has 0 saturated heterocycles. The fourth-order valence-electron chi connectivity index (χ4n) is 0.791. The largest absolute Gasteiger partial charge is 0.504 e. The second kappa shape index (κ2) is 4.13. The number of hydrazone groups is 1. The van der Waals surface area contributed by atoms with Crippen molar-refractivity contribution in [2.24, 2.45) is 10.8 Å². The zero-order valence-electron chi connectivity index (χ0n) is 7.14. The highest BCUT2D eigenvalue weighted by atomic mass is 16.3. The molecule has 74 valence electrons. The van der Waals surface area contributed by atoms with Crippen LogP contribution >= 0.6 is 0 Å². The van der Waals surface area contributed by atoms with Crippen LogP contribution in [0.1, 0.15) is 5.56 Å². The summed E-state index contributed by atoms with van der Waals surface area (Å²) < 4.78 is 0. The number of nitrogens with two attached hydrogens (primary N) is 1. The number of phenols is 2. The summed E-state index contributed by atoms with van der Waals surface area (Å²) in [5.41, 5.74) is 7.27. The van der Waals surface area contributed by atoms with E-state index in [1.807, 2.05) is 5.43 Å². The minimum Gasteiger partial charge on any atom is -0.504 e. The van der Waals surface area contributed by atoms with Gasteiger partial charge in [-0.2, -0.15) is 5.10 Å². The average molecular weight is 195 g/mol. The fraction of sp³-hybridized carbons (Fsp3) is 0. The van der Waals surface area contributed by atoms with Gasteiger partial charge in [0, 0.05) is 0 Å². The number of nitrogens with one attached hydrogen (secondary N) is 1. The zero-order valence-corrected chi connectivity index (χ0v) is 7.14. The van der Waals surface area contributed by atoms with Gasteiger partial charge in [-0.05, 0) is 23.8 Å². The maximum Gasteiger partial charge on any atom is 0.332 e. The normalized spacial score (nSPS) is 10.3. The molecule has 1 aromatic rings. The third-order valence-electron chi connectivity index (χ3n) is 1.39. The van der Waals surface area contributed by atoms with Crippen molar-refractivity contribution in [3.63, 3.8) is 0 Å². The van der Waals surface area contributed by atoms with Gasteiger partial charge in [0.05, 0.1) is 6.21 Å². The smallest absolute Gasteiger partial charge is 0.332 e. The van der Waals surface area contributed by atoms with Gasteiger partial charge < -0.3 is 15.9 Å². The highest BCUT2D eigenvalue weighted by Gasteiger charge is 1.97. The number of phenolic OH excluding ortho intramolecular Hbond substituents is 2. The molecule has 6 nitrogen and oxygen atoms in total. The molecule has 0 atom stereocenters. The second-order valence-electron chi connectivity index (χ2n) is 2.48. The van der Waals surface area contributed by atoms with Gasteiger partial charge in [0.1, 0.15) is 0 Å². The quantitative estimate of drug-likeness (QED) is 0.305. The Morgan fingerprint density at radius 3 is 2.71 bits per heavy atom. The second-order valence-corrected chi connectivity index (χ2v) is 2.48. The predicted octanol–water partition coefficient (Wildman–Crippen LogP) is 0.1000. The lowest BCUT2D eigenvalue weighted by Gasteiger charge is -1.97. The number of benzene rings is 1. The van der Waals surface area contributed by atoms with E-state index in [0.717, 1.165) is 0 Å². The van der Waals surface area contributed by atoms with Crippen LogP contribution in [0.3, 0.4) is 0 Å². The van der Waals surface area contributed by atoms with Gasteiger partial charge in [-0.1, -0.05) is 0 Å². The summed E-state index contributed by atoms with van der Waals surface area (Å²) in [6, 6.07) is 3.34. The molecular formula is C8H9N3O3. The Bertz CT molecular complexity index is 376. The highest BCUT2D eigenvalue weighted by Crippen LogP contribution is 2.23. The molecule has 0 aliphatic carbocycles. The Hall–Kier alpha value is -2.24. The average Bonchev–Trinajstić information content (AvgIpc) is 2.10. The number of hydrogen-bond acceptors (Lipinski definition) is 4. The number of carbonyl (C=O) groups is 1. The summed E-state index contributed by atoms with van der Waals surface area (Å²) in [5, 5.41) is 21.5. The Balaban J connectivity index is 2.73. The van der Waals surface area contributed by atoms with E-state index < -0.39 is 6.03 Å². The van der Waals surface area contributed by atoms with E-state index in [1.165, 1.54) is 24.4 Å². The molecule has 6 heteroatoms. The lowest BCUT2D eigenvalue weighted by Crippen LogP contribution is -2.24. The van der Waals surface area contributed by atoms with Gasteiger partial charge in [0.15, 0.2) is 11.5 Å². The summed E-state index contributed by atoms with van der Waals surface area (Å²) in [4.78, 5) is 10.2. The molecule has 2 amide bonds. The molecule has 14 heavy (non-hydrogen) atoms. The summed E-state index contributed by atoms with van der Waals surface area (Å²) in [5.74, 6) is -0.474. The Morgan fingerprint density at radius 2 is 2.14 bits per heavy atom. The number of hydrogen-bond donors (Lipinski definition) is 4. The minimum absolute atomic E-state index is 0.218. The van der Waals surface area contributed by atoms with Gasteiger partial charge in [0.25, 0.3) is 0 Å². The predicted molar refractivity (Wildman–Crippen MR) is 50.1 cm³/mol. The summed E-state index contributed by atoms with van der Waals surface area (Å²) in [7, 11) is 0.